The van der Waals surface area contributed by atoms with Gasteiger partial charge in [0, 0.05) is 58.9 Å². The number of hydrogen-bond donors (Lipinski definition) is 0. The van der Waals surface area contributed by atoms with Crippen LogP contribution >= 0.6 is 46.4 Å². The first kappa shape index (κ1) is 24.2. The molecule has 172 valence electrons. The SMILES string of the molecule is O=C(c1ccc(COc2ccc(Cl)cc2Cl)cc1)N1CCN(Cc2c(Cl)cccc2Cl)CC1. The standard InChI is InChI=1S/C25H22Cl4N2O2/c26-19-8-9-24(23(29)14-19)33-16-17-4-6-18(7-5-17)25(32)31-12-10-30(11-13-31)15-20-21(27)2-1-3-22(20)28/h1-9,14H,10-13,15-16H2. The van der Waals surface area contributed by atoms with E-state index in [1.54, 1.807) is 18.2 Å². The molecule has 3 aromatic carbocycles. The van der Waals surface area contributed by atoms with Gasteiger partial charge in [-0.05, 0) is 48.0 Å². The van der Waals surface area contributed by atoms with Crippen LogP contribution in [0.3, 0.4) is 0 Å². The second-order valence-electron chi connectivity index (χ2n) is 7.83. The lowest BCUT2D eigenvalue weighted by atomic mass is 10.1. The average Bonchev–Trinajstić information content (AvgIpc) is 2.81. The zero-order valence-electron chi connectivity index (χ0n) is 17.7. The van der Waals surface area contributed by atoms with Gasteiger partial charge in [0.15, 0.2) is 0 Å². The molecule has 0 aromatic heterocycles. The van der Waals surface area contributed by atoms with Crippen molar-refractivity contribution in [3.8, 4) is 5.75 Å². The van der Waals surface area contributed by atoms with Gasteiger partial charge >= 0.3 is 0 Å². The summed E-state index contributed by atoms with van der Waals surface area (Å²) in [6.07, 6.45) is 0. The van der Waals surface area contributed by atoms with E-state index in [1.165, 1.54) is 0 Å². The number of piperazine rings is 1. The number of amides is 1. The van der Waals surface area contributed by atoms with Crippen LogP contribution in [0.2, 0.25) is 20.1 Å². The van der Waals surface area contributed by atoms with Crippen LogP contribution in [-0.2, 0) is 13.2 Å². The van der Waals surface area contributed by atoms with Crippen molar-refractivity contribution in [1.82, 2.24) is 9.80 Å². The summed E-state index contributed by atoms with van der Waals surface area (Å²) in [5.41, 5.74) is 2.53. The van der Waals surface area contributed by atoms with Gasteiger partial charge in [-0.25, -0.2) is 0 Å². The van der Waals surface area contributed by atoms with E-state index in [2.05, 4.69) is 4.90 Å². The second-order valence-corrected chi connectivity index (χ2v) is 9.49. The van der Waals surface area contributed by atoms with Gasteiger partial charge in [0.05, 0.1) is 5.02 Å². The number of ether oxygens (including phenoxy) is 1. The summed E-state index contributed by atoms with van der Waals surface area (Å²) < 4.78 is 5.76. The molecule has 3 aromatic rings. The van der Waals surface area contributed by atoms with Crippen molar-refractivity contribution >= 4 is 52.3 Å². The molecule has 1 saturated heterocycles. The summed E-state index contributed by atoms with van der Waals surface area (Å²) in [5, 5.41) is 2.36. The lowest BCUT2D eigenvalue weighted by Crippen LogP contribution is -2.48. The van der Waals surface area contributed by atoms with E-state index in [1.807, 2.05) is 47.4 Å². The molecule has 0 radical (unpaired) electrons. The summed E-state index contributed by atoms with van der Waals surface area (Å²) in [6.45, 7) is 3.86. The number of carbonyl (C=O) groups is 1. The average molecular weight is 524 g/mol. The van der Waals surface area contributed by atoms with Gasteiger partial charge < -0.3 is 9.64 Å². The number of nitrogens with zero attached hydrogens (tertiary/aromatic N) is 2. The van der Waals surface area contributed by atoms with Gasteiger partial charge in [-0.1, -0.05) is 64.6 Å². The highest BCUT2D eigenvalue weighted by atomic mass is 35.5. The monoisotopic (exact) mass is 522 g/mol. The number of halogens is 4. The Morgan fingerprint density at radius 3 is 2.12 bits per heavy atom. The zero-order valence-corrected chi connectivity index (χ0v) is 20.8. The smallest absolute Gasteiger partial charge is 0.253 e. The molecule has 0 atom stereocenters. The van der Waals surface area contributed by atoms with Gasteiger partial charge in [-0.15, -0.1) is 0 Å². The van der Waals surface area contributed by atoms with Crippen molar-refractivity contribution in [1.29, 1.82) is 0 Å². The molecular formula is C25H22Cl4N2O2. The highest BCUT2D eigenvalue weighted by Gasteiger charge is 2.23. The van der Waals surface area contributed by atoms with Crippen LogP contribution in [0.15, 0.2) is 60.7 Å². The summed E-state index contributed by atoms with van der Waals surface area (Å²) in [6, 6.07) is 18.1. The van der Waals surface area contributed by atoms with Gasteiger partial charge in [-0.3, -0.25) is 9.69 Å². The third kappa shape index (κ3) is 6.14. The van der Waals surface area contributed by atoms with Crippen molar-refractivity contribution in [3.05, 3.63) is 97.4 Å². The third-order valence-electron chi connectivity index (χ3n) is 5.59. The molecule has 1 heterocycles. The Morgan fingerprint density at radius 2 is 1.48 bits per heavy atom. The highest BCUT2D eigenvalue weighted by Crippen LogP contribution is 2.28. The van der Waals surface area contributed by atoms with E-state index >= 15 is 0 Å². The van der Waals surface area contributed by atoms with E-state index in [9.17, 15) is 4.79 Å². The maximum absolute atomic E-state index is 12.9. The molecule has 33 heavy (non-hydrogen) atoms. The fourth-order valence-corrected chi connectivity index (χ4v) is 4.68. The minimum absolute atomic E-state index is 0.0265. The molecule has 1 aliphatic heterocycles. The Morgan fingerprint density at radius 1 is 0.818 bits per heavy atom. The van der Waals surface area contributed by atoms with Crippen LogP contribution in [0.1, 0.15) is 21.5 Å². The Labute approximate surface area is 213 Å². The minimum atomic E-state index is 0.0265. The second kappa shape index (κ2) is 11.0. The van der Waals surface area contributed by atoms with E-state index in [4.69, 9.17) is 51.1 Å². The molecule has 4 nitrogen and oxygen atoms in total. The predicted octanol–water partition coefficient (Wildman–Crippen LogP) is 6.84. The quantitative estimate of drug-likeness (QED) is 0.354. The Kier molecular flexibility index (Phi) is 8.05. The van der Waals surface area contributed by atoms with Crippen molar-refractivity contribution < 1.29 is 9.53 Å². The molecule has 0 bridgehead atoms. The summed E-state index contributed by atoms with van der Waals surface area (Å²) >= 11 is 24.6. The first-order valence-electron chi connectivity index (χ1n) is 10.5. The summed E-state index contributed by atoms with van der Waals surface area (Å²) in [5.74, 6) is 0.593. The largest absolute Gasteiger partial charge is 0.487 e. The lowest BCUT2D eigenvalue weighted by Gasteiger charge is -2.35. The van der Waals surface area contributed by atoms with Crippen LogP contribution in [0.25, 0.3) is 0 Å². The maximum atomic E-state index is 12.9. The topological polar surface area (TPSA) is 32.8 Å². The fraction of sp³-hybridized carbons (Fsp3) is 0.240. The van der Waals surface area contributed by atoms with Crippen LogP contribution in [-0.4, -0.2) is 41.9 Å². The Hall–Kier alpha value is -1.95. The van der Waals surface area contributed by atoms with E-state index in [0.29, 0.717) is 57.6 Å². The normalized spacial score (nSPS) is 14.4. The molecule has 8 heteroatoms. The Balaban J connectivity index is 1.30. The number of carbonyl (C=O) groups excluding carboxylic acids is 1. The molecule has 0 spiro atoms. The Bertz CT molecular complexity index is 1110. The third-order valence-corrected chi connectivity index (χ3v) is 6.83. The number of rotatable bonds is 6. The van der Waals surface area contributed by atoms with E-state index in [0.717, 1.165) is 24.2 Å². The van der Waals surface area contributed by atoms with Crippen molar-refractivity contribution in [3.63, 3.8) is 0 Å². The molecule has 0 N–H and O–H groups in total. The van der Waals surface area contributed by atoms with E-state index < -0.39 is 0 Å². The van der Waals surface area contributed by atoms with Crippen LogP contribution < -0.4 is 4.74 Å². The summed E-state index contributed by atoms with van der Waals surface area (Å²) in [4.78, 5) is 17.1. The molecule has 0 aliphatic carbocycles. The minimum Gasteiger partial charge on any atom is -0.487 e. The van der Waals surface area contributed by atoms with Crippen molar-refractivity contribution in [2.24, 2.45) is 0 Å². The van der Waals surface area contributed by atoms with Crippen LogP contribution in [0.4, 0.5) is 0 Å². The van der Waals surface area contributed by atoms with Gasteiger partial charge in [-0.2, -0.15) is 0 Å². The summed E-state index contributed by atoms with van der Waals surface area (Å²) in [7, 11) is 0. The predicted molar refractivity (Wildman–Crippen MR) is 135 cm³/mol. The molecule has 1 aliphatic rings. The molecule has 0 saturated carbocycles. The van der Waals surface area contributed by atoms with Gasteiger partial charge in [0.2, 0.25) is 0 Å². The molecule has 0 unspecified atom stereocenters. The highest BCUT2D eigenvalue weighted by molar-refractivity contribution is 6.36. The van der Waals surface area contributed by atoms with Crippen LogP contribution in [0, 0.1) is 0 Å². The molecule has 4 rings (SSSR count). The molecule has 1 amide bonds. The lowest BCUT2D eigenvalue weighted by molar-refractivity contribution is 0.0628. The first-order valence-corrected chi connectivity index (χ1v) is 12.0. The van der Waals surface area contributed by atoms with Gasteiger partial charge in [0.25, 0.3) is 5.91 Å². The maximum Gasteiger partial charge on any atom is 0.253 e. The zero-order chi connectivity index (χ0) is 23.4. The van der Waals surface area contributed by atoms with Crippen molar-refractivity contribution in [2.75, 3.05) is 26.2 Å². The molecular weight excluding hydrogens is 502 g/mol. The van der Waals surface area contributed by atoms with E-state index in [-0.39, 0.29) is 5.91 Å². The van der Waals surface area contributed by atoms with Crippen LogP contribution in [0.5, 0.6) is 5.75 Å². The van der Waals surface area contributed by atoms with Gasteiger partial charge in [0.1, 0.15) is 12.4 Å². The fourth-order valence-electron chi connectivity index (χ4n) is 3.70. The molecule has 1 fully saturated rings. The number of hydrogen-bond acceptors (Lipinski definition) is 3. The van der Waals surface area contributed by atoms with Crippen molar-refractivity contribution in [2.45, 2.75) is 13.2 Å². The first-order chi connectivity index (χ1) is 15.9. The number of benzene rings is 3.